The van der Waals surface area contributed by atoms with E-state index in [1.807, 2.05) is 26.0 Å². The number of rotatable bonds is 4. The largest absolute Gasteiger partial charge is 0.481 e. The van der Waals surface area contributed by atoms with Crippen molar-refractivity contribution in [2.75, 3.05) is 5.32 Å². The van der Waals surface area contributed by atoms with E-state index in [2.05, 4.69) is 10.6 Å². The van der Waals surface area contributed by atoms with Gasteiger partial charge in [-0.05, 0) is 44.2 Å². The standard InChI is InChI=1S/C25H31N3O5/c1-13-9-10-16-21(14(13)2)26-24(33)25(16)20-19(17(27-25)11-12-18(29)30)22(31)28(23(20)32)15-7-5-3-4-6-8-15/h9-10,15,17,19-20,27H,3-8,11-12H2,1-2H3,(H,26,33)(H,29,30)/t17?,19-,20+,25?/m1/s1. The lowest BCUT2D eigenvalue weighted by Crippen LogP contribution is -2.54. The van der Waals surface area contributed by atoms with Gasteiger partial charge in [-0.15, -0.1) is 0 Å². The average molecular weight is 454 g/mol. The number of carbonyl (C=O) groups is 4. The molecular formula is C25H31N3O5. The Morgan fingerprint density at radius 2 is 1.79 bits per heavy atom. The number of hydrogen-bond donors (Lipinski definition) is 3. The number of benzene rings is 1. The third-order valence-electron chi connectivity index (χ3n) is 8.31. The molecule has 8 nitrogen and oxygen atoms in total. The van der Waals surface area contributed by atoms with Crippen LogP contribution in [0.1, 0.15) is 68.1 Å². The highest BCUT2D eigenvalue weighted by molar-refractivity contribution is 6.15. The second-order valence-corrected chi connectivity index (χ2v) is 10.1. The highest BCUT2D eigenvalue weighted by Gasteiger charge is 2.70. The Balaban J connectivity index is 1.61. The summed E-state index contributed by atoms with van der Waals surface area (Å²) in [5, 5.41) is 15.6. The van der Waals surface area contributed by atoms with E-state index in [0.29, 0.717) is 11.3 Å². The van der Waals surface area contributed by atoms with Crippen molar-refractivity contribution in [1.29, 1.82) is 0 Å². The summed E-state index contributed by atoms with van der Waals surface area (Å²) in [6.07, 6.45) is 5.78. The Labute approximate surface area is 193 Å². The molecule has 4 atom stereocenters. The van der Waals surface area contributed by atoms with E-state index >= 15 is 0 Å². The second-order valence-electron chi connectivity index (χ2n) is 10.1. The molecule has 3 aliphatic heterocycles. The molecule has 2 saturated heterocycles. The molecular weight excluding hydrogens is 422 g/mol. The topological polar surface area (TPSA) is 116 Å². The minimum absolute atomic E-state index is 0.136. The molecule has 2 unspecified atom stereocenters. The van der Waals surface area contributed by atoms with Gasteiger partial charge < -0.3 is 10.4 Å². The average Bonchev–Trinajstić information content (AvgIpc) is 3.24. The summed E-state index contributed by atoms with van der Waals surface area (Å²) in [5.74, 6) is -3.43. The maximum Gasteiger partial charge on any atom is 0.303 e. The van der Waals surface area contributed by atoms with Crippen LogP contribution in [-0.4, -0.2) is 45.8 Å². The Bertz CT molecular complexity index is 1040. The quantitative estimate of drug-likeness (QED) is 0.477. The van der Waals surface area contributed by atoms with Crippen molar-refractivity contribution < 1.29 is 24.3 Å². The van der Waals surface area contributed by atoms with Gasteiger partial charge in [-0.2, -0.15) is 0 Å². The summed E-state index contributed by atoms with van der Waals surface area (Å²) in [5.41, 5.74) is 1.98. The van der Waals surface area contributed by atoms with Crippen molar-refractivity contribution in [2.45, 2.75) is 82.8 Å². The van der Waals surface area contributed by atoms with E-state index in [1.165, 1.54) is 4.90 Å². The van der Waals surface area contributed by atoms with Gasteiger partial charge >= 0.3 is 5.97 Å². The van der Waals surface area contributed by atoms with Crippen LogP contribution in [-0.2, 0) is 24.7 Å². The minimum atomic E-state index is -1.35. The summed E-state index contributed by atoms with van der Waals surface area (Å²) in [7, 11) is 0. The summed E-state index contributed by atoms with van der Waals surface area (Å²) >= 11 is 0. The van der Waals surface area contributed by atoms with Gasteiger partial charge in [0.05, 0.1) is 11.8 Å². The number of anilines is 1. The zero-order valence-electron chi connectivity index (χ0n) is 19.1. The predicted molar refractivity (Wildman–Crippen MR) is 120 cm³/mol. The number of hydrogen-bond acceptors (Lipinski definition) is 5. The van der Waals surface area contributed by atoms with E-state index in [0.717, 1.165) is 49.7 Å². The van der Waals surface area contributed by atoms with E-state index in [1.54, 1.807) is 0 Å². The number of aryl methyl sites for hydroxylation is 1. The van der Waals surface area contributed by atoms with E-state index in [4.69, 9.17) is 0 Å². The van der Waals surface area contributed by atoms with Crippen LogP contribution in [0.25, 0.3) is 0 Å². The SMILES string of the molecule is Cc1ccc2c(c1C)NC(=O)C21NC(CCC(=O)O)[C@H]2C(=O)N(C3CCCCCC3)C(=O)[C@H]21. The molecule has 8 heteroatoms. The van der Waals surface area contributed by atoms with Gasteiger partial charge in [0.2, 0.25) is 17.7 Å². The molecule has 3 heterocycles. The fourth-order valence-electron chi connectivity index (χ4n) is 6.54. The Morgan fingerprint density at radius 3 is 2.45 bits per heavy atom. The maximum absolute atomic E-state index is 13.9. The van der Waals surface area contributed by atoms with E-state index in [-0.39, 0.29) is 36.6 Å². The molecule has 1 spiro atoms. The van der Waals surface area contributed by atoms with Crippen LogP contribution in [0, 0.1) is 25.7 Å². The van der Waals surface area contributed by atoms with Gasteiger partial charge in [0.15, 0.2) is 0 Å². The van der Waals surface area contributed by atoms with Crippen molar-refractivity contribution in [3.63, 3.8) is 0 Å². The molecule has 5 rings (SSSR count). The number of aliphatic carboxylic acids is 1. The van der Waals surface area contributed by atoms with Crippen LogP contribution >= 0.6 is 0 Å². The molecule has 3 N–H and O–H groups in total. The molecule has 0 radical (unpaired) electrons. The van der Waals surface area contributed by atoms with Gasteiger partial charge in [-0.1, -0.05) is 37.8 Å². The first-order valence-corrected chi connectivity index (χ1v) is 12.1. The Kier molecular flexibility index (Phi) is 5.31. The van der Waals surface area contributed by atoms with Crippen LogP contribution < -0.4 is 10.6 Å². The molecule has 0 bridgehead atoms. The molecule has 33 heavy (non-hydrogen) atoms. The molecule has 0 aromatic heterocycles. The number of nitrogens with one attached hydrogen (secondary N) is 2. The van der Waals surface area contributed by atoms with Crippen LogP contribution in [0.2, 0.25) is 0 Å². The lowest BCUT2D eigenvalue weighted by molar-refractivity contribution is -0.146. The third-order valence-corrected chi connectivity index (χ3v) is 8.31. The molecule has 3 fully saturated rings. The third kappa shape index (κ3) is 3.14. The Hall–Kier alpha value is -2.74. The number of carbonyl (C=O) groups excluding carboxylic acids is 3. The number of fused-ring (bicyclic) bond motifs is 4. The van der Waals surface area contributed by atoms with Crippen LogP contribution in [0.15, 0.2) is 12.1 Å². The second kappa shape index (κ2) is 7.94. The first kappa shape index (κ1) is 22.1. The molecule has 176 valence electrons. The summed E-state index contributed by atoms with van der Waals surface area (Å²) < 4.78 is 0. The first-order chi connectivity index (χ1) is 15.8. The number of nitrogens with zero attached hydrogens (tertiary/aromatic N) is 1. The fourth-order valence-corrected chi connectivity index (χ4v) is 6.54. The van der Waals surface area contributed by atoms with Gasteiger partial charge in [0, 0.05) is 29.8 Å². The van der Waals surface area contributed by atoms with Crippen molar-refractivity contribution in [1.82, 2.24) is 10.2 Å². The number of imide groups is 1. The smallest absolute Gasteiger partial charge is 0.303 e. The van der Waals surface area contributed by atoms with Crippen LogP contribution in [0.5, 0.6) is 0 Å². The molecule has 3 amide bonds. The first-order valence-electron chi connectivity index (χ1n) is 12.1. The summed E-state index contributed by atoms with van der Waals surface area (Å²) in [6.45, 7) is 3.90. The normalized spacial score (nSPS) is 31.6. The van der Waals surface area contributed by atoms with Gasteiger partial charge in [0.25, 0.3) is 0 Å². The van der Waals surface area contributed by atoms with Crippen molar-refractivity contribution in [3.8, 4) is 0 Å². The zero-order chi connectivity index (χ0) is 23.5. The van der Waals surface area contributed by atoms with Gasteiger partial charge in [-0.25, -0.2) is 0 Å². The van der Waals surface area contributed by atoms with E-state index in [9.17, 15) is 24.3 Å². The molecule has 1 aromatic rings. The summed E-state index contributed by atoms with van der Waals surface area (Å²) in [6, 6.07) is 3.10. The molecule has 4 aliphatic rings. The monoisotopic (exact) mass is 453 g/mol. The number of likely N-dealkylation sites (tertiary alicyclic amines) is 1. The van der Waals surface area contributed by atoms with Crippen molar-refractivity contribution in [2.24, 2.45) is 11.8 Å². The number of carboxylic acid groups (broad SMARTS) is 1. The number of amides is 3. The van der Waals surface area contributed by atoms with Gasteiger partial charge in [0.1, 0.15) is 5.54 Å². The van der Waals surface area contributed by atoms with Crippen molar-refractivity contribution >= 4 is 29.4 Å². The zero-order valence-corrected chi connectivity index (χ0v) is 19.1. The molecule has 1 aliphatic carbocycles. The highest BCUT2D eigenvalue weighted by atomic mass is 16.4. The molecule has 1 aromatic carbocycles. The number of carboxylic acids is 1. The van der Waals surface area contributed by atoms with Gasteiger partial charge in [-0.3, -0.25) is 29.4 Å². The van der Waals surface area contributed by atoms with Crippen molar-refractivity contribution in [3.05, 3.63) is 28.8 Å². The van der Waals surface area contributed by atoms with E-state index < -0.39 is 29.4 Å². The minimum Gasteiger partial charge on any atom is -0.481 e. The van der Waals surface area contributed by atoms with Crippen LogP contribution in [0.3, 0.4) is 0 Å². The predicted octanol–water partition coefficient (Wildman–Crippen LogP) is 2.61. The maximum atomic E-state index is 13.9. The van der Waals surface area contributed by atoms with Crippen LogP contribution in [0.4, 0.5) is 5.69 Å². The summed E-state index contributed by atoms with van der Waals surface area (Å²) in [4.78, 5) is 54.0. The Morgan fingerprint density at radius 1 is 1.09 bits per heavy atom. The lowest BCUT2D eigenvalue weighted by atomic mass is 9.76. The highest BCUT2D eigenvalue weighted by Crippen LogP contribution is 2.55. The lowest BCUT2D eigenvalue weighted by Gasteiger charge is -2.32. The fraction of sp³-hybridized carbons (Fsp3) is 0.600. The molecule has 1 saturated carbocycles.